The third-order valence-electron chi connectivity index (χ3n) is 1.78. The standard InChI is InChI=1S/C8H21N3O2S/c1-8(2)7-11(6-4-5-9)14(12,13)10-3/h8,10H,4-7,9H2,1-3H3. The summed E-state index contributed by atoms with van der Waals surface area (Å²) in [7, 11) is -1.88. The van der Waals surface area contributed by atoms with Crippen molar-refractivity contribution in [3.8, 4) is 0 Å². The highest BCUT2D eigenvalue weighted by atomic mass is 32.2. The van der Waals surface area contributed by atoms with Gasteiger partial charge in [-0.05, 0) is 18.9 Å². The van der Waals surface area contributed by atoms with Crippen molar-refractivity contribution in [2.75, 3.05) is 26.7 Å². The van der Waals surface area contributed by atoms with E-state index in [0.29, 0.717) is 32.0 Å². The Balaban J connectivity index is 4.39. The van der Waals surface area contributed by atoms with Gasteiger partial charge in [-0.1, -0.05) is 13.8 Å². The maximum Gasteiger partial charge on any atom is 0.279 e. The third-order valence-corrected chi connectivity index (χ3v) is 3.31. The van der Waals surface area contributed by atoms with Crippen molar-refractivity contribution in [1.82, 2.24) is 9.03 Å². The molecule has 0 aromatic carbocycles. The van der Waals surface area contributed by atoms with E-state index in [1.165, 1.54) is 11.4 Å². The van der Waals surface area contributed by atoms with E-state index in [0.717, 1.165) is 0 Å². The van der Waals surface area contributed by atoms with Crippen LogP contribution in [0.1, 0.15) is 20.3 Å². The average Bonchev–Trinajstić information content (AvgIpc) is 2.11. The van der Waals surface area contributed by atoms with E-state index in [2.05, 4.69) is 4.72 Å². The lowest BCUT2D eigenvalue weighted by Gasteiger charge is -2.22. The van der Waals surface area contributed by atoms with Crippen LogP contribution in [0.5, 0.6) is 0 Å². The van der Waals surface area contributed by atoms with Crippen molar-refractivity contribution in [1.29, 1.82) is 0 Å². The Labute approximate surface area is 86.8 Å². The van der Waals surface area contributed by atoms with Gasteiger partial charge in [-0.2, -0.15) is 12.7 Å². The first kappa shape index (κ1) is 13.8. The molecule has 0 aliphatic rings. The van der Waals surface area contributed by atoms with Gasteiger partial charge < -0.3 is 5.73 Å². The second-order valence-electron chi connectivity index (χ2n) is 3.60. The van der Waals surface area contributed by atoms with E-state index < -0.39 is 10.2 Å². The SMILES string of the molecule is CNS(=O)(=O)N(CCCN)CC(C)C. The van der Waals surface area contributed by atoms with Crippen LogP contribution in [0, 0.1) is 5.92 Å². The van der Waals surface area contributed by atoms with Crippen LogP contribution in [0.15, 0.2) is 0 Å². The zero-order chi connectivity index (χ0) is 11.2. The fourth-order valence-corrected chi connectivity index (χ4v) is 2.24. The molecule has 0 aromatic rings. The van der Waals surface area contributed by atoms with Crippen molar-refractivity contribution < 1.29 is 8.42 Å². The van der Waals surface area contributed by atoms with Crippen molar-refractivity contribution in [3.05, 3.63) is 0 Å². The van der Waals surface area contributed by atoms with Crippen LogP contribution < -0.4 is 10.5 Å². The Morgan fingerprint density at radius 2 is 2.00 bits per heavy atom. The van der Waals surface area contributed by atoms with Gasteiger partial charge in [0.1, 0.15) is 0 Å². The van der Waals surface area contributed by atoms with Gasteiger partial charge in [0, 0.05) is 20.1 Å². The fourth-order valence-electron chi connectivity index (χ4n) is 1.11. The molecule has 5 nitrogen and oxygen atoms in total. The predicted molar refractivity (Wildman–Crippen MR) is 58.1 cm³/mol. The number of hydrogen-bond acceptors (Lipinski definition) is 3. The van der Waals surface area contributed by atoms with Gasteiger partial charge in [0.05, 0.1) is 0 Å². The molecular weight excluding hydrogens is 202 g/mol. The summed E-state index contributed by atoms with van der Waals surface area (Å²) in [5, 5.41) is 0. The Morgan fingerprint density at radius 3 is 2.36 bits per heavy atom. The molecule has 0 aliphatic carbocycles. The summed E-state index contributed by atoms with van der Waals surface area (Å²) in [5.74, 6) is 0.316. The molecular formula is C8H21N3O2S. The molecule has 0 rings (SSSR count). The van der Waals surface area contributed by atoms with Crippen molar-refractivity contribution >= 4 is 10.2 Å². The summed E-state index contributed by atoms with van der Waals surface area (Å²) in [4.78, 5) is 0. The lowest BCUT2D eigenvalue weighted by atomic mass is 10.2. The van der Waals surface area contributed by atoms with Crippen LogP contribution in [0.3, 0.4) is 0 Å². The van der Waals surface area contributed by atoms with Gasteiger partial charge in [0.15, 0.2) is 0 Å². The number of hydrogen-bond donors (Lipinski definition) is 2. The van der Waals surface area contributed by atoms with E-state index in [9.17, 15) is 8.42 Å². The normalized spacial score (nSPS) is 12.7. The Morgan fingerprint density at radius 1 is 1.43 bits per heavy atom. The average molecular weight is 223 g/mol. The molecule has 0 atom stereocenters. The smallest absolute Gasteiger partial charge is 0.279 e. The van der Waals surface area contributed by atoms with Crippen LogP contribution in [0.2, 0.25) is 0 Å². The molecule has 0 spiro atoms. The number of nitrogens with two attached hydrogens (primary N) is 1. The highest BCUT2D eigenvalue weighted by molar-refractivity contribution is 7.87. The second kappa shape index (κ2) is 6.34. The van der Waals surface area contributed by atoms with Crippen LogP contribution in [-0.2, 0) is 10.2 Å². The minimum absolute atomic E-state index is 0.316. The van der Waals surface area contributed by atoms with Crippen molar-refractivity contribution in [2.45, 2.75) is 20.3 Å². The summed E-state index contributed by atoms with van der Waals surface area (Å²) in [6.45, 7) is 5.50. The molecule has 6 heteroatoms. The topological polar surface area (TPSA) is 75.4 Å². The van der Waals surface area contributed by atoms with Gasteiger partial charge in [0.25, 0.3) is 10.2 Å². The predicted octanol–water partition coefficient (Wildman–Crippen LogP) is -0.243. The van der Waals surface area contributed by atoms with Gasteiger partial charge in [-0.25, -0.2) is 4.72 Å². The fraction of sp³-hybridized carbons (Fsp3) is 1.00. The van der Waals surface area contributed by atoms with E-state index in [1.807, 2.05) is 13.8 Å². The molecule has 0 bridgehead atoms. The first-order valence-corrected chi connectivity index (χ1v) is 6.26. The lowest BCUT2D eigenvalue weighted by Crippen LogP contribution is -2.42. The quantitative estimate of drug-likeness (QED) is 0.625. The number of nitrogens with one attached hydrogen (secondary N) is 1. The molecule has 0 radical (unpaired) electrons. The van der Waals surface area contributed by atoms with Crippen LogP contribution >= 0.6 is 0 Å². The lowest BCUT2D eigenvalue weighted by molar-refractivity contribution is 0.360. The highest BCUT2D eigenvalue weighted by Crippen LogP contribution is 2.04. The summed E-state index contributed by atoms with van der Waals surface area (Å²) >= 11 is 0. The summed E-state index contributed by atoms with van der Waals surface area (Å²) < 4.78 is 26.8. The zero-order valence-electron chi connectivity index (χ0n) is 9.16. The number of rotatable bonds is 7. The van der Waals surface area contributed by atoms with Gasteiger partial charge in [-0.15, -0.1) is 0 Å². The van der Waals surface area contributed by atoms with Crippen LogP contribution in [-0.4, -0.2) is 39.4 Å². The molecule has 0 aliphatic heterocycles. The molecule has 0 aromatic heterocycles. The summed E-state index contributed by atoms with van der Waals surface area (Å²) in [6, 6.07) is 0. The number of nitrogens with zero attached hydrogens (tertiary/aromatic N) is 1. The molecule has 86 valence electrons. The molecule has 0 saturated carbocycles. The second-order valence-corrected chi connectivity index (χ2v) is 5.48. The Hall–Kier alpha value is -0.170. The van der Waals surface area contributed by atoms with Crippen LogP contribution in [0.25, 0.3) is 0 Å². The zero-order valence-corrected chi connectivity index (χ0v) is 9.97. The first-order valence-electron chi connectivity index (χ1n) is 4.82. The summed E-state index contributed by atoms with van der Waals surface area (Å²) in [6.07, 6.45) is 0.688. The highest BCUT2D eigenvalue weighted by Gasteiger charge is 2.19. The van der Waals surface area contributed by atoms with Crippen molar-refractivity contribution in [2.24, 2.45) is 11.7 Å². The molecule has 0 amide bonds. The minimum Gasteiger partial charge on any atom is -0.330 e. The molecule has 0 unspecified atom stereocenters. The summed E-state index contributed by atoms with van der Waals surface area (Å²) in [5.41, 5.74) is 5.35. The maximum atomic E-state index is 11.5. The Bertz CT molecular complexity index is 239. The maximum absolute atomic E-state index is 11.5. The van der Waals surface area contributed by atoms with Gasteiger partial charge >= 0.3 is 0 Å². The van der Waals surface area contributed by atoms with Gasteiger partial charge in [0.2, 0.25) is 0 Å². The largest absolute Gasteiger partial charge is 0.330 e. The van der Waals surface area contributed by atoms with E-state index in [4.69, 9.17) is 5.73 Å². The van der Waals surface area contributed by atoms with Crippen LogP contribution in [0.4, 0.5) is 0 Å². The Kier molecular flexibility index (Phi) is 6.26. The molecule has 3 N–H and O–H groups in total. The molecule has 0 saturated heterocycles. The monoisotopic (exact) mass is 223 g/mol. The minimum atomic E-state index is -3.30. The molecule has 14 heavy (non-hydrogen) atoms. The third kappa shape index (κ3) is 4.90. The van der Waals surface area contributed by atoms with E-state index >= 15 is 0 Å². The van der Waals surface area contributed by atoms with E-state index in [-0.39, 0.29) is 0 Å². The van der Waals surface area contributed by atoms with Crippen molar-refractivity contribution in [3.63, 3.8) is 0 Å². The van der Waals surface area contributed by atoms with E-state index in [1.54, 1.807) is 0 Å². The first-order chi connectivity index (χ1) is 6.44. The molecule has 0 fully saturated rings. The molecule has 0 heterocycles. The van der Waals surface area contributed by atoms with Gasteiger partial charge in [-0.3, -0.25) is 0 Å².